The summed E-state index contributed by atoms with van der Waals surface area (Å²) >= 11 is 0. The molecule has 3 heteroatoms. The van der Waals surface area contributed by atoms with Gasteiger partial charge in [0.15, 0.2) is 0 Å². The molecule has 1 amide bonds. The van der Waals surface area contributed by atoms with E-state index in [-0.39, 0.29) is 11.3 Å². The topological polar surface area (TPSA) is 43.1 Å². The number of nitrogens with two attached hydrogens (primary N) is 1. The van der Waals surface area contributed by atoms with E-state index in [4.69, 9.17) is 5.73 Å². The largest absolute Gasteiger partial charge is 0.369 e. The molecule has 0 radical (unpaired) electrons. The third kappa shape index (κ3) is 4.60. The van der Waals surface area contributed by atoms with Crippen LogP contribution in [-0.4, -0.2) is 14.7 Å². The molecule has 27 heavy (non-hydrogen) atoms. The Balaban J connectivity index is 1.90. The predicted molar refractivity (Wildman–Crippen MR) is 118 cm³/mol. The zero-order chi connectivity index (χ0) is 19.3. The number of primary amides is 1. The zero-order valence-corrected chi connectivity index (χ0v) is 18.8. The van der Waals surface area contributed by atoms with Crippen LogP contribution in [0.5, 0.6) is 0 Å². The fourth-order valence-corrected chi connectivity index (χ4v) is 9.30. The first-order valence-electron chi connectivity index (χ1n) is 11.7. The third-order valence-electron chi connectivity index (χ3n) is 8.00. The average Bonchev–Trinajstić information content (AvgIpc) is 3.06. The Bertz CT molecular complexity index is 535. The highest BCUT2D eigenvalue weighted by molar-refractivity contribution is 6.58. The molecular formula is C24H41NOSi. The van der Waals surface area contributed by atoms with Crippen molar-refractivity contribution < 1.29 is 4.79 Å². The van der Waals surface area contributed by atoms with E-state index in [1.54, 1.807) is 0 Å². The minimum Gasteiger partial charge on any atom is -0.369 e. The van der Waals surface area contributed by atoms with Crippen LogP contribution >= 0.6 is 0 Å². The SMILES string of the molecule is C[SiH](C)C1CCCCCCCCCCC1(C(N)=O)C1CC2C=CC=CC2C1. The molecule has 4 atom stereocenters. The number of carbonyl (C=O) groups excluding carboxylic acids is 1. The van der Waals surface area contributed by atoms with Gasteiger partial charge in [0.25, 0.3) is 0 Å². The second-order valence-electron chi connectivity index (χ2n) is 9.89. The molecule has 0 bridgehead atoms. The van der Waals surface area contributed by atoms with E-state index < -0.39 is 8.80 Å². The van der Waals surface area contributed by atoms with Crippen LogP contribution in [0.25, 0.3) is 0 Å². The van der Waals surface area contributed by atoms with Gasteiger partial charge in [-0.25, -0.2) is 0 Å². The van der Waals surface area contributed by atoms with Crippen molar-refractivity contribution in [3.8, 4) is 0 Å². The van der Waals surface area contributed by atoms with Gasteiger partial charge in [0, 0.05) is 8.80 Å². The Kier molecular flexibility index (Phi) is 7.41. The fourth-order valence-electron chi connectivity index (χ4n) is 6.61. The molecule has 0 spiro atoms. The Morgan fingerprint density at radius 1 is 0.889 bits per heavy atom. The lowest BCUT2D eigenvalue weighted by Crippen LogP contribution is -2.49. The first-order valence-corrected chi connectivity index (χ1v) is 14.7. The minimum absolute atomic E-state index is 0.0439. The number of rotatable bonds is 3. The van der Waals surface area contributed by atoms with Crippen LogP contribution in [0, 0.1) is 23.2 Å². The molecule has 3 aliphatic rings. The van der Waals surface area contributed by atoms with Crippen LogP contribution < -0.4 is 5.73 Å². The molecule has 0 aromatic carbocycles. The number of carbonyl (C=O) groups is 1. The van der Waals surface area contributed by atoms with Gasteiger partial charge in [-0.2, -0.15) is 0 Å². The van der Waals surface area contributed by atoms with Gasteiger partial charge < -0.3 is 5.73 Å². The second kappa shape index (κ2) is 9.58. The van der Waals surface area contributed by atoms with Crippen molar-refractivity contribution in [2.24, 2.45) is 28.9 Å². The molecular weight excluding hydrogens is 346 g/mol. The van der Waals surface area contributed by atoms with Gasteiger partial charge >= 0.3 is 0 Å². The number of hydrogen-bond donors (Lipinski definition) is 1. The van der Waals surface area contributed by atoms with E-state index >= 15 is 0 Å². The summed E-state index contributed by atoms with van der Waals surface area (Å²) in [7, 11) is -0.979. The highest BCUT2D eigenvalue weighted by atomic mass is 28.3. The lowest BCUT2D eigenvalue weighted by atomic mass is 9.66. The van der Waals surface area contributed by atoms with Gasteiger partial charge in [-0.05, 0) is 42.6 Å². The quantitative estimate of drug-likeness (QED) is 0.593. The summed E-state index contributed by atoms with van der Waals surface area (Å²) < 4.78 is 0. The molecule has 152 valence electrons. The number of amides is 1. The molecule has 0 saturated heterocycles. The van der Waals surface area contributed by atoms with Crippen molar-refractivity contribution in [3.05, 3.63) is 24.3 Å². The molecule has 0 aliphatic heterocycles. The van der Waals surface area contributed by atoms with Crippen LogP contribution in [-0.2, 0) is 4.79 Å². The normalized spacial score (nSPS) is 38.2. The predicted octanol–water partition coefficient (Wildman–Crippen LogP) is 6.00. The maximum atomic E-state index is 13.2. The summed E-state index contributed by atoms with van der Waals surface area (Å²) in [4.78, 5) is 13.2. The molecule has 3 aliphatic carbocycles. The van der Waals surface area contributed by atoms with E-state index in [0.717, 1.165) is 6.42 Å². The Morgan fingerprint density at radius 2 is 1.41 bits per heavy atom. The summed E-state index contributed by atoms with van der Waals surface area (Å²) in [5.74, 6) is 1.79. The highest BCUT2D eigenvalue weighted by Gasteiger charge is 2.53. The van der Waals surface area contributed by atoms with Gasteiger partial charge in [0.1, 0.15) is 0 Å². The van der Waals surface area contributed by atoms with Crippen LogP contribution in [0.3, 0.4) is 0 Å². The fraction of sp³-hybridized carbons (Fsp3) is 0.792. The number of fused-ring (bicyclic) bond motifs is 1. The maximum Gasteiger partial charge on any atom is 0.223 e. The molecule has 4 unspecified atom stereocenters. The summed E-state index contributed by atoms with van der Waals surface area (Å²) in [6, 6.07) is 0. The van der Waals surface area contributed by atoms with Crippen LogP contribution in [0.1, 0.15) is 77.0 Å². The summed E-state index contributed by atoms with van der Waals surface area (Å²) in [5, 5.41) is 0. The Labute approximate surface area is 168 Å². The van der Waals surface area contributed by atoms with Gasteiger partial charge in [-0.15, -0.1) is 0 Å². The third-order valence-corrected chi connectivity index (χ3v) is 10.5. The molecule has 0 aromatic heterocycles. The van der Waals surface area contributed by atoms with Crippen LogP contribution in [0.15, 0.2) is 24.3 Å². The summed E-state index contributed by atoms with van der Waals surface area (Å²) in [5.41, 5.74) is 6.67. The lowest BCUT2D eigenvalue weighted by Gasteiger charge is -2.45. The van der Waals surface area contributed by atoms with Crippen LogP contribution in [0.4, 0.5) is 0 Å². The Hall–Kier alpha value is -0.833. The van der Waals surface area contributed by atoms with Crippen LogP contribution in [0.2, 0.25) is 18.6 Å². The van der Waals surface area contributed by atoms with Gasteiger partial charge in [0.05, 0.1) is 5.41 Å². The van der Waals surface area contributed by atoms with Crippen molar-refractivity contribution in [1.82, 2.24) is 0 Å². The van der Waals surface area contributed by atoms with Crippen molar-refractivity contribution in [3.63, 3.8) is 0 Å². The van der Waals surface area contributed by atoms with Crippen molar-refractivity contribution in [2.45, 2.75) is 95.7 Å². The molecule has 2 N–H and O–H groups in total. The van der Waals surface area contributed by atoms with E-state index in [1.165, 1.54) is 70.6 Å². The van der Waals surface area contributed by atoms with E-state index in [0.29, 0.717) is 23.3 Å². The monoisotopic (exact) mass is 387 g/mol. The average molecular weight is 388 g/mol. The zero-order valence-electron chi connectivity index (χ0n) is 17.7. The molecule has 0 aromatic rings. The van der Waals surface area contributed by atoms with Crippen molar-refractivity contribution in [1.29, 1.82) is 0 Å². The van der Waals surface area contributed by atoms with E-state index in [9.17, 15) is 4.79 Å². The van der Waals surface area contributed by atoms with E-state index in [1.807, 2.05) is 0 Å². The van der Waals surface area contributed by atoms with Crippen molar-refractivity contribution >= 4 is 14.7 Å². The number of hydrogen-bond acceptors (Lipinski definition) is 1. The highest BCUT2D eigenvalue weighted by Crippen LogP contribution is 2.57. The lowest BCUT2D eigenvalue weighted by molar-refractivity contribution is -0.132. The standard InChI is InChI=1S/C24H41NOSi/c1-27(2)22-15-9-7-5-3-4-6-8-12-16-24(22,23(25)26)21-17-19-13-10-11-14-20(19)18-21/h10-11,13-14,19-22,27H,3-9,12,15-18H2,1-2H3,(H2,25,26). The summed E-state index contributed by atoms with van der Waals surface area (Å²) in [6.45, 7) is 4.94. The summed E-state index contributed by atoms with van der Waals surface area (Å²) in [6.07, 6.45) is 24.4. The maximum absolute atomic E-state index is 13.2. The molecule has 2 nitrogen and oxygen atoms in total. The molecule has 0 heterocycles. The second-order valence-corrected chi connectivity index (χ2v) is 13.2. The Morgan fingerprint density at radius 3 is 1.93 bits per heavy atom. The smallest absolute Gasteiger partial charge is 0.223 e. The number of allylic oxidation sites excluding steroid dienone is 4. The van der Waals surface area contributed by atoms with E-state index in [2.05, 4.69) is 37.4 Å². The first kappa shape index (κ1) is 20.9. The first-order chi connectivity index (χ1) is 13.1. The van der Waals surface area contributed by atoms with Gasteiger partial charge in [0.2, 0.25) is 5.91 Å². The molecule has 2 fully saturated rings. The molecule has 2 saturated carbocycles. The molecule has 3 rings (SSSR count). The van der Waals surface area contributed by atoms with Gasteiger partial charge in [-0.3, -0.25) is 4.79 Å². The minimum atomic E-state index is -0.979. The van der Waals surface area contributed by atoms with Crippen molar-refractivity contribution in [2.75, 3.05) is 0 Å². The van der Waals surface area contributed by atoms with Gasteiger partial charge in [-0.1, -0.05) is 95.2 Å².